The Kier molecular flexibility index (Phi) is 14.1. The Morgan fingerprint density at radius 2 is 1.14 bits per heavy atom. The summed E-state index contributed by atoms with van der Waals surface area (Å²) < 4.78 is 0.709. The summed E-state index contributed by atoms with van der Waals surface area (Å²) in [7, 11) is -1.17. The molecule has 0 spiro atoms. The molecule has 0 amide bonds. The van der Waals surface area contributed by atoms with Crippen molar-refractivity contribution < 1.29 is 19.6 Å². The second-order valence-electron chi connectivity index (χ2n) is 9.89. The van der Waals surface area contributed by atoms with E-state index in [-0.39, 0.29) is 23.4 Å². The lowest BCUT2D eigenvalue weighted by molar-refractivity contribution is 0.0928. The summed E-state index contributed by atoms with van der Waals surface area (Å²) >= 11 is 3.38. The Bertz CT molecular complexity index is 959. The summed E-state index contributed by atoms with van der Waals surface area (Å²) in [5.74, 6) is 0.528. The van der Waals surface area contributed by atoms with Crippen LogP contribution in [0.2, 0.25) is 6.82 Å². The standard InChI is InChI=1S/C13H20N2O.C12H17BrN2O.CH5BO2/c1-7(2)10-6-11(14)12(15-9(10)5)13(16)8(3)4;1-6(2)8-5-9(14)10(15-12(8)13)11(16)7(3)4;1-2(3)4/h6-8H,14H2,1-5H3;5-7H,14H2,1-4H3;3-4H,1H3. The molecule has 2 heterocycles. The topological polar surface area (TPSA) is 152 Å². The number of halogens is 1. The van der Waals surface area contributed by atoms with Crippen molar-refractivity contribution in [2.45, 2.75) is 81.0 Å². The van der Waals surface area contributed by atoms with Crippen molar-refractivity contribution in [1.29, 1.82) is 0 Å². The lowest BCUT2D eigenvalue weighted by Crippen LogP contribution is -2.14. The highest BCUT2D eigenvalue weighted by Crippen LogP contribution is 2.28. The van der Waals surface area contributed by atoms with Crippen LogP contribution in [0.5, 0.6) is 0 Å². The number of aromatic nitrogens is 2. The van der Waals surface area contributed by atoms with E-state index in [4.69, 9.17) is 21.5 Å². The second-order valence-corrected chi connectivity index (χ2v) is 10.6. The third-order valence-corrected chi connectivity index (χ3v) is 5.71. The molecule has 0 aliphatic heterocycles. The Morgan fingerprint density at radius 1 is 0.806 bits per heavy atom. The minimum absolute atomic E-state index is 0.0101. The third-order valence-electron chi connectivity index (χ3n) is 5.07. The lowest BCUT2D eigenvalue weighted by atomic mass is 9.98. The van der Waals surface area contributed by atoms with E-state index in [1.165, 1.54) is 6.82 Å². The van der Waals surface area contributed by atoms with Gasteiger partial charge in [-0.2, -0.15) is 0 Å². The molecule has 200 valence electrons. The summed E-state index contributed by atoms with van der Waals surface area (Å²) in [5.41, 5.74) is 16.5. The molecule has 0 aromatic carbocycles. The van der Waals surface area contributed by atoms with Crippen molar-refractivity contribution in [2.24, 2.45) is 11.8 Å². The van der Waals surface area contributed by atoms with Crippen LogP contribution >= 0.6 is 15.9 Å². The highest BCUT2D eigenvalue weighted by atomic mass is 79.9. The number of Topliss-reactive ketones (excluding diaryl/α,β-unsaturated/α-hetero) is 2. The number of carbonyl (C=O) groups excluding carboxylic acids is 2. The van der Waals surface area contributed by atoms with E-state index in [0.29, 0.717) is 39.2 Å². The van der Waals surface area contributed by atoms with E-state index in [2.05, 4.69) is 53.6 Å². The zero-order valence-electron chi connectivity index (χ0n) is 23.2. The van der Waals surface area contributed by atoms with Crippen molar-refractivity contribution in [3.63, 3.8) is 0 Å². The number of nitrogens with zero attached hydrogens (tertiary/aromatic N) is 2. The van der Waals surface area contributed by atoms with Crippen molar-refractivity contribution >= 4 is 46.0 Å². The van der Waals surface area contributed by atoms with Crippen LogP contribution in [0.3, 0.4) is 0 Å². The molecular formula is C26H42BBrN4O4. The zero-order chi connectivity index (χ0) is 28.5. The lowest BCUT2D eigenvalue weighted by Gasteiger charge is -2.13. The molecule has 0 aliphatic rings. The van der Waals surface area contributed by atoms with E-state index >= 15 is 0 Å². The number of pyridine rings is 2. The molecule has 0 atom stereocenters. The maximum Gasteiger partial charge on any atom is 0.448 e. The van der Waals surface area contributed by atoms with Gasteiger partial charge >= 0.3 is 7.12 Å². The molecule has 2 aromatic heterocycles. The number of hydrogen-bond donors (Lipinski definition) is 4. The first-order valence-electron chi connectivity index (χ1n) is 12.1. The summed E-state index contributed by atoms with van der Waals surface area (Å²) in [6.07, 6.45) is 0. The van der Waals surface area contributed by atoms with Crippen molar-refractivity contribution in [1.82, 2.24) is 9.97 Å². The van der Waals surface area contributed by atoms with Crippen LogP contribution in [0.15, 0.2) is 16.7 Å². The van der Waals surface area contributed by atoms with Gasteiger partial charge in [-0.3, -0.25) is 9.59 Å². The number of aryl methyl sites for hydroxylation is 1. The molecule has 2 rings (SSSR count). The molecule has 0 bridgehead atoms. The van der Waals surface area contributed by atoms with Gasteiger partial charge in [0, 0.05) is 17.5 Å². The number of carbonyl (C=O) groups is 2. The number of hydrogen-bond acceptors (Lipinski definition) is 8. The van der Waals surface area contributed by atoms with Gasteiger partial charge in [0.25, 0.3) is 0 Å². The van der Waals surface area contributed by atoms with Crippen LogP contribution < -0.4 is 11.5 Å². The molecule has 36 heavy (non-hydrogen) atoms. The largest absolute Gasteiger partial charge is 0.448 e. The number of anilines is 2. The first-order valence-corrected chi connectivity index (χ1v) is 12.9. The van der Waals surface area contributed by atoms with Gasteiger partial charge < -0.3 is 21.5 Å². The van der Waals surface area contributed by atoms with Gasteiger partial charge in [0.15, 0.2) is 11.6 Å². The van der Waals surface area contributed by atoms with E-state index in [1.807, 2.05) is 46.8 Å². The number of ketones is 2. The van der Waals surface area contributed by atoms with Gasteiger partial charge in [-0.15, -0.1) is 0 Å². The van der Waals surface area contributed by atoms with Gasteiger partial charge in [-0.25, -0.2) is 9.97 Å². The molecule has 0 fully saturated rings. The Balaban J connectivity index is 0.000000593. The first kappa shape index (κ1) is 33.7. The number of nitrogens with two attached hydrogens (primary N) is 2. The van der Waals surface area contributed by atoms with E-state index in [9.17, 15) is 9.59 Å². The molecule has 0 saturated heterocycles. The minimum atomic E-state index is -1.17. The van der Waals surface area contributed by atoms with Crippen molar-refractivity contribution in [2.75, 3.05) is 11.5 Å². The molecule has 2 aromatic rings. The van der Waals surface area contributed by atoms with Crippen molar-refractivity contribution in [3.8, 4) is 0 Å². The monoisotopic (exact) mass is 564 g/mol. The Hall–Kier alpha value is -2.30. The highest BCUT2D eigenvalue weighted by Gasteiger charge is 2.19. The van der Waals surface area contributed by atoms with E-state index < -0.39 is 7.12 Å². The summed E-state index contributed by atoms with van der Waals surface area (Å²) in [4.78, 5) is 32.3. The maximum absolute atomic E-state index is 11.9. The average molecular weight is 565 g/mol. The quantitative estimate of drug-likeness (QED) is 0.206. The third kappa shape index (κ3) is 10.4. The molecular weight excluding hydrogens is 523 g/mol. The first-order chi connectivity index (χ1) is 16.4. The van der Waals surface area contributed by atoms with Gasteiger partial charge in [0.05, 0.1) is 11.4 Å². The fourth-order valence-electron chi connectivity index (χ4n) is 3.09. The summed E-state index contributed by atoms with van der Waals surface area (Å²) in [5, 5.41) is 15.2. The predicted octanol–water partition coefficient (Wildman–Crippen LogP) is 5.41. The SMILES string of the molecule is CB(O)O.CC(C)C(=O)c1nc(Br)c(C(C)C)cc1N.Cc1nc(C(=O)C(C)C)c(N)cc1C(C)C. The van der Waals surface area contributed by atoms with Crippen molar-refractivity contribution in [3.05, 3.63) is 44.9 Å². The van der Waals surface area contributed by atoms with E-state index in [1.54, 1.807) is 0 Å². The molecule has 10 heteroatoms. The summed E-state index contributed by atoms with van der Waals surface area (Å²) in [6, 6.07) is 3.71. The minimum Gasteiger partial charge on any atom is -0.427 e. The van der Waals surface area contributed by atoms with Gasteiger partial charge in [0.1, 0.15) is 16.0 Å². The number of nitrogen functional groups attached to an aromatic ring is 2. The van der Waals surface area contributed by atoms with Crippen LogP contribution in [0.25, 0.3) is 0 Å². The predicted molar refractivity (Wildman–Crippen MR) is 152 cm³/mol. The maximum atomic E-state index is 11.9. The van der Waals surface area contributed by atoms with Gasteiger partial charge in [-0.1, -0.05) is 55.4 Å². The van der Waals surface area contributed by atoms with Crippen LogP contribution in [0, 0.1) is 18.8 Å². The Morgan fingerprint density at radius 3 is 1.47 bits per heavy atom. The fourth-order valence-corrected chi connectivity index (χ4v) is 3.84. The van der Waals surface area contributed by atoms with Crippen LogP contribution in [0.1, 0.15) is 105 Å². The van der Waals surface area contributed by atoms with Crippen LogP contribution in [-0.4, -0.2) is 38.7 Å². The Labute approximate surface area is 224 Å². The zero-order valence-corrected chi connectivity index (χ0v) is 24.8. The smallest absolute Gasteiger partial charge is 0.427 e. The van der Waals surface area contributed by atoms with Crippen LogP contribution in [0.4, 0.5) is 11.4 Å². The van der Waals surface area contributed by atoms with Gasteiger partial charge in [-0.05, 0) is 64.8 Å². The average Bonchev–Trinajstić information content (AvgIpc) is 2.74. The molecule has 0 unspecified atom stereocenters. The van der Waals surface area contributed by atoms with Crippen LogP contribution in [-0.2, 0) is 0 Å². The van der Waals surface area contributed by atoms with E-state index in [0.717, 1.165) is 16.8 Å². The molecule has 0 radical (unpaired) electrons. The fraction of sp³-hybridized carbons (Fsp3) is 0.538. The normalized spacial score (nSPS) is 10.7. The molecule has 0 aliphatic carbocycles. The molecule has 0 saturated carbocycles. The number of rotatable bonds is 6. The highest BCUT2D eigenvalue weighted by molar-refractivity contribution is 9.10. The second kappa shape index (κ2) is 15.1. The summed E-state index contributed by atoms with van der Waals surface area (Å²) in [6.45, 7) is 18.9. The molecule has 8 nitrogen and oxygen atoms in total. The molecule has 6 N–H and O–H groups in total. The van der Waals surface area contributed by atoms with Gasteiger partial charge in [0.2, 0.25) is 0 Å².